The molecule has 1 aromatic heterocycles. The number of rotatable bonds is 6. The van der Waals surface area contributed by atoms with E-state index in [1.165, 1.54) is 17.0 Å². The maximum absolute atomic E-state index is 12.8. The molecule has 0 spiro atoms. The van der Waals surface area contributed by atoms with Crippen LogP contribution in [0.4, 0.5) is 0 Å². The van der Waals surface area contributed by atoms with Gasteiger partial charge in [0.05, 0.1) is 17.1 Å². The zero-order chi connectivity index (χ0) is 18.8. The second kappa shape index (κ2) is 7.37. The first-order valence-electron chi connectivity index (χ1n) is 7.95. The van der Waals surface area contributed by atoms with Crippen molar-refractivity contribution in [2.75, 3.05) is 13.6 Å². The van der Waals surface area contributed by atoms with Gasteiger partial charge in [0.1, 0.15) is 5.76 Å². The zero-order valence-electron chi connectivity index (χ0n) is 15.1. The minimum absolute atomic E-state index is 0.0778. The molecule has 0 saturated heterocycles. The highest BCUT2D eigenvalue weighted by molar-refractivity contribution is 7.89. The Bertz CT molecular complexity index is 868. The number of aryl methyl sites for hydroxylation is 3. The van der Waals surface area contributed by atoms with Gasteiger partial charge in [0.15, 0.2) is 0 Å². The van der Waals surface area contributed by atoms with Crippen molar-refractivity contribution in [3.05, 3.63) is 46.3 Å². The molecule has 7 nitrogen and oxygen atoms in total. The Labute approximate surface area is 148 Å². The van der Waals surface area contributed by atoms with Crippen LogP contribution in [0.25, 0.3) is 0 Å². The van der Waals surface area contributed by atoms with E-state index in [4.69, 9.17) is 4.52 Å². The van der Waals surface area contributed by atoms with Crippen LogP contribution in [-0.4, -0.2) is 38.0 Å². The molecule has 0 aliphatic rings. The fourth-order valence-corrected chi connectivity index (χ4v) is 3.58. The van der Waals surface area contributed by atoms with E-state index >= 15 is 0 Å². The van der Waals surface area contributed by atoms with Gasteiger partial charge < -0.3 is 9.42 Å². The largest absolute Gasteiger partial charge is 0.361 e. The molecule has 0 bridgehead atoms. The molecule has 0 unspecified atom stereocenters. The molecule has 0 aliphatic heterocycles. The lowest BCUT2D eigenvalue weighted by molar-refractivity contribution is 0.0783. The van der Waals surface area contributed by atoms with E-state index in [1.54, 1.807) is 33.9 Å². The summed E-state index contributed by atoms with van der Waals surface area (Å²) in [6.07, 6.45) is 0. The van der Waals surface area contributed by atoms with E-state index < -0.39 is 10.0 Å². The van der Waals surface area contributed by atoms with Crippen LogP contribution in [0.2, 0.25) is 0 Å². The van der Waals surface area contributed by atoms with Crippen molar-refractivity contribution >= 4 is 15.9 Å². The Morgan fingerprint density at radius 3 is 2.52 bits per heavy atom. The topological polar surface area (TPSA) is 92.5 Å². The minimum Gasteiger partial charge on any atom is -0.361 e. The molecule has 1 N–H and O–H groups in total. The number of benzene rings is 1. The summed E-state index contributed by atoms with van der Waals surface area (Å²) in [6.45, 7) is 7.71. The summed E-state index contributed by atoms with van der Waals surface area (Å²) in [5.41, 5.74) is 2.65. The lowest BCUT2D eigenvalue weighted by Gasteiger charge is -2.19. The van der Waals surface area contributed by atoms with Crippen molar-refractivity contribution in [1.29, 1.82) is 0 Å². The van der Waals surface area contributed by atoms with E-state index in [-0.39, 0.29) is 17.3 Å². The van der Waals surface area contributed by atoms with Gasteiger partial charge in [0.25, 0.3) is 5.91 Å². The van der Waals surface area contributed by atoms with Crippen LogP contribution >= 0.6 is 0 Å². The second-order valence-corrected chi connectivity index (χ2v) is 7.71. The van der Waals surface area contributed by atoms with Gasteiger partial charge in [-0.05, 0) is 38.5 Å². The predicted octanol–water partition coefficient (Wildman–Crippen LogP) is 2.17. The number of carbonyl (C=O) groups is 1. The first-order chi connectivity index (χ1) is 11.7. The molecule has 0 fully saturated rings. The fourth-order valence-electron chi connectivity index (χ4n) is 2.51. The molecular formula is C17H23N3O4S. The maximum Gasteiger partial charge on any atom is 0.254 e. The van der Waals surface area contributed by atoms with Crippen molar-refractivity contribution in [3.8, 4) is 0 Å². The highest BCUT2D eigenvalue weighted by atomic mass is 32.2. The molecule has 0 aliphatic carbocycles. The normalized spacial score (nSPS) is 11.6. The van der Waals surface area contributed by atoms with Gasteiger partial charge in [0, 0.05) is 24.7 Å². The lowest BCUT2D eigenvalue weighted by Crippen LogP contribution is -2.28. The molecule has 25 heavy (non-hydrogen) atoms. The number of carbonyl (C=O) groups excluding carboxylic acids is 1. The Kier molecular flexibility index (Phi) is 5.64. The molecule has 0 radical (unpaired) electrons. The average molecular weight is 365 g/mol. The summed E-state index contributed by atoms with van der Waals surface area (Å²) in [6, 6.07) is 4.55. The van der Waals surface area contributed by atoms with Crippen LogP contribution in [0.3, 0.4) is 0 Å². The summed E-state index contributed by atoms with van der Waals surface area (Å²) < 4.78 is 31.9. The number of amides is 1. The first kappa shape index (κ1) is 19.1. The Hall–Kier alpha value is -2.19. The molecular weight excluding hydrogens is 342 g/mol. The number of sulfonamides is 1. The molecule has 8 heteroatoms. The average Bonchev–Trinajstić information content (AvgIpc) is 2.86. The molecule has 0 atom stereocenters. The van der Waals surface area contributed by atoms with Crippen LogP contribution in [0.5, 0.6) is 0 Å². The smallest absolute Gasteiger partial charge is 0.254 e. The van der Waals surface area contributed by atoms with Crippen LogP contribution in [0.15, 0.2) is 27.6 Å². The van der Waals surface area contributed by atoms with Gasteiger partial charge >= 0.3 is 0 Å². The SMILES string of the molecule is CCNS(=O)(=O)c1ccc(C)c(C(=O)N(C)Cc2c(C)noc2C)c1. The van der Waals surface area contributed by atoms with E-state index in [1.807, 2.05) is 6.92 Å². The maximum atomic E-state index is 12.8. The second-order valence-electron chi connectivity index (χ2n) is 5.94. The monoisotopic (exact) mass is 365 g/mol. The Balaban J connectivity index is 2.32. The fraction of sp³-hybridized carbons (Fsp3) is 0.412. The summed E-state index contributed by atoms with van der Waals surface area (Å²) in [5.74, 6) is 0.406. The summed E-state index contributed by atoms with van der Waals surface area (Å²) >= 11 is 0. The van der Waals surface area contributed by atoms with E-state index in [0.29, 0.717) is 23.4 Å². The van der Waals surface area contributed by atoms with Crippen molar-refractivity contribution in [2.45, 2.75) is 39.1 Å². The molecule has 0 saturated carbocycles. The third kappa shape index (κ3) is 4.08. The molecule has 1 aromatic carbocycles. The van der Waals surface area contributed by atoms with E-state index in [0.717, 1.165) is 11.3 Å². The molecule has 2 rings (SSSR count). The van der Waals surface area contributed by atoms with Crippen molar-refractivity contribution in [1.82, 2.24) is 14.8 Å². The van der Waals surface area contributed by atoms with E-state index in [2.05, 4.69) is 9.88 Å². The first-order valence-corrected chi connectivity index (χ1v) is 9.43. The van der Waals surface area contributed by atoms with Crippen LogP contribution in [-0.2, 0) is 16.6 Å². The molecule has 1 heterocycles. The summed E-state index contributed by atoms with van der Waals surface area (Å²) in [5, 5.41) is 3.89. The lowest BCUT2D eigenvalue weighted by atomic mass is 10.1. The molecule has 1 amide bonds. The summed E-state index contributed by atoms with van der Waals surface area (Å²) in [7, 11) is -1.95. The number of hydrogen-bond donors (Lipinski definition) is 1. The Morgan fingerprint density at radius 1 is 1.28 bits per heavy atom. The number of hydrogen-bond acceptors (Lipinski definition) is 5. The third-order valence-electron chi connectivity index (χ3n) is 4.01. The van der Waals surface area contributed by atoms with Gasteiger partial charge in [0.2, 0.25) is 10.0 Å². The third-order valence-corrected chi connectivity index (χ3v) is 5.55. The van der Waals surface area contributed by atoms with Gasteiger partial charge in [-0.25, -0.2) is 13.1 Å². The van der Waals surface area contributed by atoms with Gasteiger partial charge in [-0.3, -0.25) is 4.79 Å². The Morgan fingerprint density at radius 2 is 1.96 bits per heavy atom. The van der Waals surface area contributed by atoms with Crippen molar-refractivity contribution < 1.29 is 17.7 Å². The molecule has 136 valence electrons. The summed E-state index contributed by atoms with van der Waals surface area (Å²) in [4.78, 5) is 14.4. The number of nitrogens with zero attached hydrogens (tertiary/aromatic N) is 2. The highest BCUT2D eigenvalue weighted by Gasteiger charge is 2.21. The number of aromatic nitrogens is 1. The van der Waals surface area contributed by atoms with E-state index in [9.17, 15) is 13.2 Å². The van der Waals surface area contributed by atoms with Crippen molar-refractivity contribution in [3.63, 3.8) is 0 Å². The molecule has 2 aromatic rings. The zero-order valence-corrected chi connectivity index (χ0v) is 15.9. The predicted molar refractivity (Wildman–Crippen MR) is 93.8 cm³/mol. The van der Waals surface area contributed by atoms with Gasteiger partial charge in [-0.2, -0.15) is 0 Å². The quantitative estimate of drug-likeness (QED) is 0.847. The highest BCUT2D eigenvalue weighted by Crippen LogP contribution is 2.20. The van der Waals surface area contributed by atoms with Crippen LogP contribution in [0.1, 0.15) is 39.9 Å². The van der Waals surface area contributed by atoms with Gasteiger partial charge in [-0.1, -0.05) is 18.1 Å². The minimum atomic E-state index is -3.62. The van der Waals surface area contributed by atoms with Gasteiger partial charge in [-0.15, -0.1) is 0 Å². The van der Waals surface area contributed by atoms with Crippen LogP contribution < -0.4 is 4.72 Å². The van der Waals surface area contributed by atoms with Crippen molar-refractivity contribution in [2.24, 2.45) is 0 Å². The van der Waals surface area contributed by atoms with Crippen LogP contribution in [0, 0.1) is 20.8 Å². The standard InChI is InChI=1S/C17H23N3O4S/c1-6-18-25(22,23)14-8-7-11(2)15(9-14)17(21)20(5)10-16-12(3)19-24-13(16)4/h7-9,18H,6,10H2,1-5H3. The number of nitrogens with one attached hydrogen (secondary N) is 1.